The zero-order valence-electron chi connectivity index (χ0n) is 35.8. The molecule has 0 spiro atoms. The van der Waals surface area contributed by atoms with E-state index in [4.69, 9.17) is 19.0 Å². The summed E-state index contributed by atoms with van der Waals surface area (Å²) in [5.41, 5.74) is 6.08. The summed E-state index contributed by atoms with van der Waals surface area (Å²) in [5.74, 6) is 0. The van der Waals surface area contributed by atoms with Crippen LogP contribution in [0.25, 0.3) is 61.3 Å². The normalized spacial score (nSPS) is 14.8. The third-order valence-electron chi connectivity index (χ3n) is 7.79. The number of para-hydroxylation sites is 2. The Balaban J connectivity index is 0.000000203. The van der Waals surface area contributed by atoms with E-state index in [-0.39, 0.29) is 31.2 Å². The number of pyridine rings is 3. The number of fused-ring (bicyclic) bond motifs is 7. The van der Waals surface area contributed by atoms with Crippen LogP contribution in [0.15, 0.2) is 108 Å². The van der Waals surface area contributed by atoms with Gasteiger partial charge in [0.15, 0.2) is 0 Å². The smallest absolute Gasteiger partial charge is 0.202 e. The minimum Gasteiger partial charge on any atom is -0.487 e. The first-order valence-corrected chi connectivity index (χ1v) is 16.3. The Kier molecular flexibility index (Phi) is 7.56. The van der Waals surface area contributed by atoms with Crippen molar-refractivity contribution in [3.05, 3.63) is 132 Å². The zero-order valence-corrected chi connectivity index (χ0v) is 31.2. The van der Waals surface area contributed by atoms with Gasteiger partial charge >= 0.3 is 0 Å². The molecule has 5 aromatic heterocycles. The van der Waals surface area contributed by atoms with Gasteiger partial charge in [-0.1, -0.05) is 87.9 Å². The third kappa shape index (κ3) is 7.43. The number of rotatable bonds is 4. The number of benzene rings is 3. The Labute approximate surface area is 318 Å². The second-order valence-corrected chi connectivity index (χ2v) is 14.1. The van der Waals surface area contributed by atoms with E-state index in [1.165, 1.54) is 6.20 Å². The van der Waals surface area contributed by atoms with Gasteiger partial charge < -0.3 is 14.4 Å². The molecule has 0 aliphatic rings. The van der Waals surface area contributed by atoms with Gasteiger partial charge in [-0.25, -0.2) is 4.98 Å². The summed E-state index contributed by atoms with van der Waals surface area (Å²) in [6, 6.07) is 34.5. The van der Waals surface area contributed by atoms with Crippen molar-refractivity contribution in [1.82, 2.24) is 19.4 Å². The summed E-state index contributed by atoms with van der Waals surface area (Å²) in [6.07, 6.45) is -0.412. The Hall–Kier alpha value is -4.64. The van der Waals surface area contributed by atoms with Crippen LogP contribution in [-0.2, 0) is 32.9 Å². The van der Waals surface area contributed by atoms with E-state index in [0.717, 1.165) is 33.2 Å². The molecule has 0 saturated carbocycles. The van der Waals surface area contributed by atoms with Crippen molar-refractivity contribution < 1.29 is 34.1 Å². The molecule has 0 unspecified atom stereocenters. The minimum atomic E-state index is -2.42. The number of hydrogen-bond acceptors (Lipinski definition) is 4. The van der Waals surface area contributed by atoms with Crippen molar-refractivity contribution in [1.29, 1.82) is 0 Å². The largest absolute Gasteiger partial charge is 0.487 e. The quantitative estimate of drug-likeness (QED) is 0.166. The first-order chi connectivity index (χ1) is 26.2. The minimum absolute atomic E-state index is 0. The van der Waals surface area contributed by atoms with Crippen LogP contribution in [0.4, 0.5) is 0 Å². The zero-order chi connectivity index (χ0) is 40.4. The summed E-state index contributed by atoms with van der Waals surface area (Å²) >= 11 is 0. The molecule has 8 aromatic rings. The van der Waals surface area contributed by atoms with Crippen molar-refractivity contribution in [3.8, 4) is 22.5 Å². The second-order valence-electron chi connectivity index (χ2n) is 14.1. The first kappa shape index (κ1) is 27.1. The van der Waals surface area contributed by atoms with Crippen molar-refractivity contribution in [3.63, 3.8) is 0 Å². The average Bonchev–Trinajstić information content (AvgIpc) is 3.72. The molecule has 0 amide bonds. The van der Waals surface area contributed by atoms with E-state index in [9.17, 15) is 0 Å². The molecule has 50 heavy (non-hydrogen) atoms. The van der Waals surface area contributed by atoms with Crippen molar-refractivity contribution in [2.75, 3.05) is 0 Å². The van der Waals surface area contributed by atoms with Crippen LogP contribution in [0.2, 0.25) is 0 Å². The maximum absolute atomic E-state index is 8.67. The molecule has 0 aliphatic carbocycles. The molecule has 0 fully saturated rings. The van der Waals surface area contributed by atoms with Gasteiger partial charge in [-0.3, -0.25) is 4.40 Å². The summed E-state index contributed by atoms with van der Waals surface area (Å²) in [5, 5.41) is 1.95. The predicted octanol–water partition coefficient (Wildman–Crippen LogP) is 11.3. The molecule has 0 saturated heterocycles. The molecule has 5 nitrogen and oxygen atoms in total. The molecule has 8 rings (SSSR count). The number of hydrogen-bond donors (Lipinski definition) is 0. The Morgan fingerprint density at radius 3 is 2.36 bits per heavy atom. The molecule has 6 heteroatoms. The number of imidazole rings is 1. The molecule has 5 heterocycles. The fraction of sp³-hybridized carbons (Fsp3) is 0.250. The van der Waals surface area contributed by atoms with E-state index in [1.807, 2.05) is 98.0 Å². The van der Waals surface area contributed by atoms with Crippen LogP contribution in [0.3, 0.4) is 0 Å². The van der Waals surface area contributed by atoms with Gasteiger partial charge in [0.1, 0.15) is 5.65 Å². The molecule has 255 valence electrons. The van der Waals surface area contributed by atoms with Gasteiger partial charge in [0.05, 0.1) is 16.6 Å². The summed E-state index contributed by atoms with van der Waals surface area (Å²) in [7, 11) is 0. The fourth-order valence-electron chi connectivity index (χ4n) is 5.86. The predicted molar refractivity (Wildman–Crippen MR) is 202 cm³/mol. The molecular weight excluding hydrogens is 793 g/mol. The molecule has 3 aromatic carbocycles. The van der Waals surface area contributed by atoms with E-state index in [1.54, 1.807) is 45.2 Å². The summed E-state index contributed by atoms with van der Waals surface area (Å²) in [4.78, 5) is 13.5. The number of aryl methyl sites for hydroxylation is 1. The monoisotopic (exact) mass is 842 g/mol. The number of nitrogens with zero attached hydrogens (tertiary/aromatic N) is 4. The van der Waals surface area contributed by atoms with Gasteiger partial charge in [-0.2, -0.15) is 0 Å². The van der Waals surface area contributed by atoms with E-state index < -0.39 is 30.4 Å². The topological polar surface area (TPSA) is 56.2 Å². The van der Waals surface area contributed by atoms with Gasteiger partial charge in [0.2, 0.25) is 5.71 Å². The van der Waals surface area contributed by atoms with Gasteiger partial charge in [-0.05, 0) is 77.7 Å². The molecular formula is C44H42IrN4O-2. The molecule has 1 radical (unpaired) electrons. The van der Waals surface area contributed by atoms with E-state index in [0.29, 0.717) is 33.7 Å². The van der Waals surface area contributed by atoms with E-state index in [2.05, 4.69) is 22.1 Å². The SMILES string of the molecule is [2H]C([2H])([2H])c1cnc(-c2[c-]cccc2)cc1C([2H])([2H])C(C)(C)C.[2H]C([2H])(c1ccnc(-c2[c-]ccc3c2oc2c3ccc3nc4ccccc4n32)c1)C(C)(C)C.[Ir]. The van der Waals surface area contributed by atoms with Crippen LogP contribution in [0.5, 0.6) is 0 Å². The van der Waals surface area contributed by atoms with Crippen molar-refractivity contribution in [2.45, 2.75) is 61.1 Å². The second kappa shape index (κ2) is 13.9. The van der Waals surface area contributed by atoms with Gasteiger partial charge in [0, 0.05) is 47.5 Å². The van der Waals surface area contributed by atoms with Crippen LogP contribution in [-0.4, -0.2) is 19.4 Å². The first-order valence-electron chi connectivity index (χ1n) is 19.8. The molecule has 0 bridgehead atoms. The van der Waals surface area contributed by atoms with Crippen molar-refractivity contribution >= 4 is 38.7 Å². The molecule has 0 atom stereocenters. The number of furan rings is 1. The van der Waals surface area contributed by atoms with Crippen molar-refractivity contribution in [2.24, 2.45) is 10.8 Å². The Morgan fingerprint density at radius 2 is 1.60 bits per heavy atom. The maximum Gasteiger partial charge on any atom is 0.202 e. The maximum atomic E-state index is 8.67. The van der Waals surface area contributed by atoms with Gasteiger partial charge in [0.25, 0.3) is 0 Å². The fourth-order valence-corrected chi connectivity index (χ4v) is 5.86. The Bertz CT molecular complexity index is 2730. The summed E-state index contributed by atoms with van der Waals surface area (Å²) in [6.45, 7) is 8.56. The summed E-state index contributed by atoms with van der Waals surface area (Å²) < 4.78 is 65.9. The molecule has 0 N–H and O–H groups in total. The average molecular weight is 842 g/mol. The third-order valence-corrected chi connectivity index (χ3v) is 7.79. The Morgan fingerprint density at radius 1 is 0.800 bits per heavy atom. The van der Waals surface area contributed by atoms with E-state index >= 15 is 0 Å². The van der Waals surface area contributed by atoms with Crippen LogP contribution >= 0.6 is 0 Å². The van der Waals surface area contributed by atoms with Crippen LogP contribution in [0.1, 0.15) is 67.8 Å². The standard InChI is InChI=1S/C27H22N3O.C17H20N.Ir/c1-27(2,3)16-17-13-14-28-22(15-17)20-8-6-7-18-19-11-12-24-29-21-9-4-5-10-23(21)30(24)26(19)31-25(18)20;1-13-12-18-16(14-8-6-5-7-9-14)10-15(13)11-17(2,3)4;/h4-7,9-15H,16H2,1-3H3;5-8,10,12H,11H2,1-4H3;/q2*-1;/i16D2;1D3,11D2;. The van der Waals surface area contributed by atoms with Gasteiger partial charge in [-0.15, -0.1) is 54.1 Å². The number of aromatic nitrogens is 4. The molecule has 0 aliphatic heterocycles. The van der Waals surface area contributed by atoms with Crippen LogP contribution < -0.4 is 0 Å². The van der Waals surface area contributed by atoms with Crippen LogP contribution in [0, 0.1) is 29.8 Å².